The molecule has 2 aromatic carbocycles. The standard InChI is InChI=1S/C15H16N6O5.C11H13NO4.C4H5N5O/c1-24-9-4-8(5-10(25-2)12(9)26-3)6-21-15(23)20-7-17-11(13(16)22)14(20)18-19-21;1-14-9-4-8(6-12-7-13)5-10(15-2)11(9)16-3;5-3(10)2-4(9-6)8-1-7-2/h4-5,7H,6H2,1-3H3,(H2,16,22);4-5H,6H2,1-3H3;1,6H,(H2,5,10)(H,7,8). The van der Waals surface area contributed by atoms with Crippen molar-refractivity contribution in [3.63, 3.8) is 0 Å². The number of aromatic nitrogens is 7. The summed E-state index contributed by atoms with van der Waals surface area (Å²) in [5.41, 5.74) is 17.5. The fraction of sp³-hybridized carbons (Fsp3) is 0.267. The third-order valence-electron chi connectivity index (χ3n) is 6.73. The number of hydrogen-bond donors (Lipinski definition) is 4. The number of H-pyrrole nitrogens is 1. The van der Waals surface area contributed by atoms with Crippen molar-refractivity contribution in [1.82, 2.24) is 34.3 Å². The monoisotopic (exact) mass is 722 g/mol. The number of amides is 2. The number of isocyanates is 1. The number of nitrogens with zero attached hydrogens (tertiary/aromatic N) is 8. The van der Waals surface area contributed by atoms with Crippen molar-refractivity contribution in [2.24, 2.45) is 21.6 Å². The Labute approximate surface area is 293 Å². The van der Waals surface area contributed by atoms with Gasteiger partial charge in [0.15, 0.2) is 40.0 Å². The molecule has 6 N–H and O–H groups in total. The van der Waals surface area contributed by atoms with Gasteiger partial charge < -0.3 is 44.9 Å². The van der Waals surface area contributed by atoms with E-state index in [0.717, 1.165) is 14.6 Å². The van der Waals surface area contributed by atoms with Crippen LogP contribution in [0.3, 0.4) is 0 Å². The van der Waals surface area contributed by atoms with Crippen LogP contribution in [-0.2, 0) is 17.9 Å². The average molecular weight is 723 g/mol. The van der Waals surface area contributed by atoms with E-state index in [-0.39, 0.29) is 35.9 Å². The summed E-state index contributed by atoms with van der Waals surface area (Å²) >= 11 is 0. The molecule has 0 fully saturated rings. The number of imidazole rings is 2. The van der Waals surface area contributed by atoms with E-state index in [9.17, 15) is 19.2 Å². The van der Waals surface area contributed by atoms with Crippen LogP contribution in [0.15, 0.2) is 51.8 Å². The number of aliphatic imine (C=N–C) groups is 1. The van der Waals surface area contributed by atoms with Crippen LogP contribution in [0.4, 0.5) is 5.82 Å². The van der Waals surface area contributed by atoms with Crippen LogP contribution in [0.25, 0.3) is 5.65 Å². The molecule has 22 nitrogen and oxygen atoms in total. The van der Waals surface area contributed by atoms with Gasteiger partial charge in [-0.05, 0) is 35.4 Å². The minimum absolute atomic E-state index is 0.00337. The number of carbonyl (C=O) groups excluding carboxylic acids is 3. The first-order valence-corrected chi connectivity index (χ1v) is 14.4. The van der Waals surface area contributed by atoms with Crippen molar-refractivity contribution in [1.29, 1.82) is 5.53 Å². The first-order chi connectivity index (χ1) is 25.0. The van der Waals surface area contributed by atoms with E-state index in [1.807, 2.05) is 0 Å². The second-order valence-corrected chi connectivity index (χ2v) is 9.73. The highest BCUT2D eigenvalue weighted by molar-refractivity contribution is 5.96. The lowest BCUT2D eigenvalue weighted by atomic mass is 10.2. The third-order valence-corrected chi connectivity index (χ3v) is 6.73. The Balaban J connectivity index is 0.000000238. The summed E-state index contributed by atoms with van der Waals surface area (Å²) in [6.45, 7) is 0.322. The van der Waals surface area contributed by atoms with E-state index in [4.69, 9.17) is 45.4 Å². The number of fused-ring (bicyclic) bond motifs is 1. The number of ether oxygens (including phenoxy) is 6. The van der Waals surface area contributed by atoms with Gasteiger partial charge in [0.1, 0.15) is 6.33 Å². The summed E-state index contributed by atoms with van der Waals surface area (Å²) in [7, 11) is 9.09. The van der Waals surface area contributed by atoms with Crippen molar-refractivity contribution in [2.45, 2.75) is 13.1 Å². The smallest absolute Gasteiger partial charge is 0.353 e. The van der Waals surface area contributed by atoms with Crippen molar-refractivity contribution in [3.8, 4) is 34.5 Å². The van der Waals surface area contributed by atoms with Gasteiger partial charge in [-0.2, -0.15) is 4.68 Å². The lowest BCUT2D eigenvalue weighted by Gasteiger charge is -2.14. The highest BCUT2D eigenvalue weighted by Crippen LogP contribution is 2.39. The third kappa shape index (κ3) is 9.00. The summed E-state index contributed by atoms with van der Waals surface area (Å²) in [6.07, 6.45) is 3.92. The van der Waals surface area contributed by atoms with Crippen LogP contribution in [0.5, 0.6) is 34.5 Å². The maximum atomic E-state index is 12.5. The average Bonchev–Trinajstić information content (AvgIpc) is 3.83. The Morgan fingerprint density at radius 2 is 1.38 bits per heavy atom. The normalized spacial score (nSPS) is 9.96. The summed E-state index contributed by atoms with van der Waals surface area (Å²) in [6, 6.07) is 6.87. The number of nitrogens with one attached hydrogen (secondary N) is 2. The topological polar surface area (TPSA) is 301 Å². The fourth-order valence-electron chi connectivity index (χ4n) is 4.41. The maximum Gasteiger partial charge on any atom is 0.353 e. The van der Waals surface area contributed by atoms with Gasteiger partial charge in [-0.15, -0.1) is 10.2 Å². The number of benzene rings is 2. The molecule has 0 aliphatic carbocycles. The Bertz CT molecular complexity index is 2100. The maximum absolute atomic E-state index is 12.5. The highest BCUT2D eigenvalue weighted by atomic mass is 16.5. The molecule has 5 aromatic rings. The molecule has 0 spiro atoms. The lowest BCUT2D eigenvalue weighted by Crippen LogP contribution is -2.30. The molecular formula is C30H34N12O10. The van der Waals surface area contributed by atoms with Crippen molar-refractivity contribution >= 4 is 29.4 Å². The first kappa shape index (κ1) is 39.1. The van der Waals surface area contributed by atoms with Crippen LogP contribution in [0.2, 0.25) is 0 Å². The number of methoxy groups -OCH3 is 6. The summed E-state index contributed by atoms with van der Waals surface area (Å²) < 4.78 is 33.5. The minimum Gasteiger partial charge on any atom is -0.493 e. The molecule has 2 amide bonds. The predicted octanol–water partition coefficient (Wildman–Crippen LogP) is 1.18. The van der Waals surface area contributed by atoms with E-state index in [0.29, 0.717) is 40.1 Å². The van der Waals surface area contributed by atoms with Crippen molar-refractivity contribution < 1.29 is 42.8 Å². The Morgan fingerprint density at radius 3 is 1.81 bits per heavy atom. The van der Waals surface area contributed by atoms with E-state index < -0.39 is 17.5 Å². The van der Waals surface area contributed by atoms with Crippen LogP contribution in [0, 0.1) is 5.53 Å². The van der Waals surface area contributed by atoms with Crippen LogP contribution in [-0.4, -0.2) is 94.9 Å². The molecule has 0 saturated heterocycles. The summed E-state index contributed by atoms with van der Waals surface area (Å²) in [4.78, 5) is 57.6. The number of nitrogens with two attached hydrogens (primary N) is 2. The number of rotatable bonds is 13. The molecule has 0 atom stereocenters. The number of aromatic amines is 1. The quantitative estimate of drug-likeness (QED) is 0.0754. The van der Waals surface area contributed by atoms with E-state index in [2.05, 4.69) is 35.4 Å². The molecule has 0 radical (unpaired) electrons. The minimum atomic E-state index is -0.788. The SMILES string of the molecule is COc1cc(CN=C=O)cc(OC)c1OC.COc1cc(Cn2nnc3c(C(N)=O)ncn3c2=O)cc(OC)c1OC.N=Nc1nc[nH]c1C(N)=O. The number of hydrogen-bond acceptors (Lipinski definition) is 17. The van der Waals surface area contributed by atoms with Crippen molar-refractivity contribution in [3.05, 3.63) is 69.9 Å². The highest BCUT2D eigenvalue weighted by Gasteiger charge is 2.18. The predicted molar refractivity (Wildman–Crippen MR) is 179 cm³/mol. The van der Waals surface area contributed by atoms with E-state index in [1.54, 1.807) is 24.3 Å². The first-order valence-electron chi connectivity index (χ1n) is 14.4. The molecule has 0 unspecified atom stereocenters. The molecule has 0 bridgehead atoms. The second-order valence-electron chi connectivity index (χ2n) is 9.73. The Hall–Kier alpha value is -7.35. The summed E-state index contributed by atoms with van der Waals surface area (Å²) in [5, 5.41) is 10.7. The Morgan fingerprint density at radius 1 is 0.846 bits per heavy atom. The summed E-state index contributed by atoms with van der Waals surface area (Å²) in [5.74, 6) is 1.50. The van der Waals surface area contributed by atoms with Gasteiger partial charge in [0, 0.05) is 0 Å². The largest absolute Gasteiger partial charge is 0.493 e. The van der Waals surface area contributed by atoms with Gasteiger partial charge in [-0.3, -0.25) is 9.59 Å². The van der Waals surface area contributed by atoms with E-state index >= 15 is 0 Å². The zero-order valence-electron chi connectivity index (χ0n) is 28.7. The molecular weight excluding hydrogens is 688 g/mol. The van der Waals surface area contributed by atoms with E-state index in [1.165, 1.54) is 61.4 Å². The molecule has 0 aliphatic rings. The zero-order valence-corrected chi connectivity index (χ0v) is 28.7. The number of carbonyl (C=O) groups is 2. The molecule has 0 aliphatic heterocycles. The molecule has 22 heteroatoms. The zero-order chi connectivity index (χ0) is 38.4. The van der Waals surface area contributed by atoms with Crippen LogP contribution in [0.1, 0.15) is 32.1 Å². The molecule has 3 aromatic heterocycles. The van der Waals surface area contributed by atoms with Gasteiger partial charge in [-0.25, -0.2) is 34.5 Å². The second kappa shape index (κ2) is 18.4. The molecule has 0 saturated carbocycles. The van der Waals surface area contributed by atoms with Gasteiger partial charge in [0.25, 0.3) is 11.8 Å². The molecule has 5 rings (SSSR count). The molecule has 3 heterocycles. The van der Waals surface area contributed by atoms with Gasteiger partial charge in [-0.1, -0.05) is 5.21 Å². The fourth-order valence-corrected chi connectivity index (χ4v) is 4.41. The van der Waals surface area contributed by atoms with Crippen molar-refractivity contribution in [2.75, 3.05) is 42.7 Å². The van der Waals surface area contributed by atoms with Gasteiger partial charge >= 0.3 is 5.69 Å². The number of primary amides is 2. The molecule has 52 heavy (non-hydrogen) atoms. The van der Waals surface area contributed by atoms with Gasteiger partial charge in [0.05, 0.1) is 62.1 Å². The van der Waals surface area contributed by atoms with Gasteiger partial charge in [0.2, 0.25) is 23.4 Å². The van der Waals surface area contributed by atoms with Crippen LogP contribution >= 0.6 is 0 Å². The molecule has 274 valence electrons. The van der Waals surface area contributed by atoms with Crippen LogP contribution < -0.4 is 45.6 Å². The lowest BCUT2D eigenvalue weighted by molar-refractivity contribution is 0.0988. The Kier molecular flexibility index (Phi) is 13.8.